The van der Waals surface area contributed by atoms with E-state index < -0.39 is 0 Å². The van der Waals surface area contributed by atoms with Gasteiger partial charge in [0.1, 0.15) is 5.76 Å². The van der Waals surface area contributed by atoms with Crippen molar-refractivity contribution < 1.29 is 4.42 Å². The minimum Gasteiger partial charge on any atom is -0.468 e. The Kier molecular flexibility index (Phi) is 5.30. The van der Waals surface area contributed by atoms with Crippen LogP contribution in [0.4, 0.5) is 0 Å². The van der Waals surface area contributed by atoms with Crippen LogP contribution in [0.5, 0.6) is 0 Å². The summed E-state index contributed by atoms with van der Waals surface area (Å²) < 4.78 is 5.69. The maximum absolute atomic E-state index is 5.69. The molecule has 1 aromatic heterocycles. The summed E-state index contributed by atoms with van der Waals surface area (Å²) >= 11 is 0. The number of hydrogen-bond acceptors (Lipinski definition) is 3. The molecule has 3 rings (SSSR count). The Labute approximate surface area is 133 Å². The van der Waals surface area contributed by atoms with Gasteiger partial charge in [0.05, 0.1) is 12.3 Å². The summed E-state index contributed by atoms with van der Waals surface area (Å²) in [6.45, 7) is 6.38. The van der Waals surface area contributed by atoms with Crippen molar-refractivity contribution in [2.24, 2.45) is 0 Å². The number of hydrogen-bond donors (Lipinski definition) is 1. The van der Waals surface area contributed by atoms with Crippen LogP contribution < -0.4 is 5.32 Å². The van der Waals surface area contributed by atoms with Crippen molar-refractivity contribution in [2.75, 3.05) is 19.6 Å². The number of rotatable bonds is 6. The van der Waals surface area contributed by atoms with Gasteiger partial charge in [-0.1, -0.05) is 30.7 Å². The fraction of sp³-hybridized carbons (Fsp3) is 0.474. The molecule has 3 heteroatoms. The van der Waals surface area contributed by atoms with Gasteiger partial charge in [0.2, 0.25) is 0 Å². The topological polar surface area (TPSA) is 28.4 Å². The average molecular weight is 298 g/mol. The minimum absolute atomic E-state index is 0.347. The van der Waals surface area contributed by atoms with Gasteiger partial charge < -0.3 is 9.73 Å². The van der Waals surface area contributed by atoms with Gasteiger partial charge in [-0.05, 0) is 56.1 Å². The van der Waals surface area contributed by atoms with Gasteiger partial charge in [0, 0.05) is 13.1 Å². The Bertz CT molecular complexity index is 559. The first-order valence-corrected chi connectivity index (χ1v) is 8.37. The molecule has 0 saturated carbocycles. The average Bonchev–Trinajstić information content (AvgIpc) is 3.08. The zero-order valence-corrected chi connectivity index (χ0v) is 13.4. The molecule has 1 atom stereocenters. The van der Waals surface area contributed by atoms with E-state index in [1.807, 2.05) is 6.07 Å². The second-order valence-corrected chi connectivity index (χ2v) is 6.19. The van der Waals surface area contributed by atoms with E-state index in [0.717, 1.165) is 18.8 Å². The Hall–Kier alpha value is -1.58. The number of nitrogens with zero attached hydrogens (tertiary/aromatic N) is 1. The molecular weight excluding hydrogens is 272 g/mol. The Morgan fingerprint density at radius 3 is 2.64 bits per heavy atom. The number of furan rings is 1. The largest absolute Gasteiger partial charge is 0.468 e. The predicted molar refractivity (Wildman–Crippen MR) is 89.8 cm³/mol. The molecule has 1 fully saturated rings. The number of piperidine rings is 1. The van der Waals surface area contributed by atoms with Gasteiger partial charge in [-0.15, -0.1) is 0 Å². The summed E-state index contributed by atoms with van der Waals surface area (Å²) in [5.74, 6) is 1.08. The highest BCUT2D eigenvalue weighted by Crippen LogP contribution is 2.24. The summed E-state index contributed by atoms with van der Waals surface area (Å²) in [7, 11) is 0. The molecule has 0 aliphatic carbocycles. The molecule has 1 aromatic carbocycles. The lowest BCUT2D eigenvalue weighted by Gasteiger charge is -2.33. The van der Waals surface area contributed by atoms with Crippen LogP contribution in [-0.2, 0) is 6.54 Å². The smallest absolute Gasteiger partial charge is 0.122 e. The molecule has 1 saturated heterocycles. The summed E-state index contributed by atoms with van der Waals surface area (Å²) in [5, 5.41) is 3.63. The van der Waals surface area contributed by atoms with Gasteiger partial charge in [-0.2, -0.15) is 0 Å². The number of aryl methyl sites for hydroxylation is 1. The lowest BCUT2D eigenvalue weighted by Crippen LogP contribution is -2.38. The van der Waals surface area contributed by atoms with Gasteiger partial charge >= 0.3 is 0 Å². The van der Waals surface area contributed by atoms with Crippen LogP contribution in [0.2, 0.25) is 0 Å². The zero-order chi connectivity index (χ0) is 15.2. The van der Waals surface area contributed by atoms with Crippen LogP contribution >= 0.6 is 0 Å². The maximum Gasteiger partial charge on any atom is 0.122 e. The van der Waals surface area contributed by atoms with Crippen LogP contribution in [-0.4, -0.2) is 24.5 Å². The van der Waals surface area contributed by atoms with Crippen LogP contribution in [0, 0.1) is 6.92 Å². The highest BCUT2D eigenvalue weighted by Gasteiger charge is 2.23. The quantitative estimate of drug-likeness (QED) is 0.876. The van der Waals surface area contributed by atoms with Crippen LogP contribution in [0.3, 0.4) is 0 Å². The third-order valence-electron chi connectivity index (χ3n) is 4.62. The van der Waals surface area contributed by atoms with E-state index in [-0.39, 0.29) is 0 Å². The second kappa shape index (κ2) is 7.61. The summed E-state index contributed by atoms with van der Waals surface area (Å²) in [6.07, 6.45) is 5.75. The zero-order valence-electron chi connectivity index (χ0n) is 13.4. The third-order valence-corrected chi connectivity index (χ3v) is 4.62. The molecule has 0 radical (unpaired) electrons. The van der Waals surface area contributed by atoms with E-state index in [4.69, 9.17) is 4.42 Å². The van der Waals surface area contributed by atoms with Crippen molar-refractivity contribution in [1.29, 1.82) is 0 Å². The Balaban J connectivity index is 1.62. The summed E-state index contributed by atoms with van der Waals surface area (Å²) in [6, 6.07) is 13.0. The molecule has 2 heterocycles. The van der Waals surface area contributed by atoms with Crippen molar-refractivity contribution in [1.82, 2.24) is 10.2 Å². The monoisotopic (exact) mass is 298 g/mol. The first-order valence-electron chi connectivity index (χ1n) is 8.37. The molecule has 2 aromatic rings. The molecule has 3 nitrogen and oxygen atoms in total. The van der Waals surface area contributed by atoms with E-state index in [2.05, 4.69) is 47.5 Å². The van der Waals surface area contributed by atoms with Crippen LogP contribution in [0.25, 0.3) is 0 Å². The van der Waals surface area contributed by atoms with Crippen LogP contribution in [0.15, 0.2) is 47.1 Å². The molecule has 0 amide bonds. The van der Waals surface area contributed by atoms with Crippen molar-refractivity contribution in [2.45, 2.75) is 38.8 Å². The van der Waals surface area contributed by atoms with Gasteiger partial charge in [0.15, 0.2) is 0 Å². The van der Waals surface area contributed by atoms with Crippen molar-refractivity contribution >= 4 is 0 Å². The lowest BCUT2D eigenvalue weighted by atomic mass is 10.1. The highest BCUT2D eigenvalue weighted by molar-refractivity contribution is 5.25. The molecule has 1 unspecified atom stereocenters. The predicted octanol–water partition coefficient (Wildman–Crippen LogP) is 3.90. The highest BCUT2D eigenvalue weighted by atomic mass is 16.3. The molecule has 0 spiro atoms. The first-order chi connectivity index (χ1) is 10.8. The minimum atomic E-state index is 0.347. The number of likely N-dealkylation sites (tertiary alicyclic amines) is 1. The maximum atomic E-state index is 5.69. The normalized spacial score (nSPS) is 17.5. The van der Waals surface area contributed by atoms with Crippen molar-refractivity contribution in [3.8, 4) is 0 Å². The number of benzene rings is 1. The molecule has 1 aliphatic rings. The third kappa shape index (κ3) is 3.79. The first kappa shape index (κ1) is 15.3. The van der Waals surface area contributed by atoms with E-state index in [1.54, 1.807) is 6.26 Å². The van der Waals surface area contributed by atoms with E-state index >= 15 is 0 Å². The van der Waals surface area contributed by atoms with Gasteiger partial charge in [-0.3, -0.25) is 4.90 Å². The molecule has 1 N–H and O–H groups in total. The Morgan fingerprint density at radius 1 is 1.09 bits per heavy atom. The molecule has 0 bridgehead atoms. The molecular formula is C19H26N2O. The van der Waals surface area contributed by atoms with E-state index in [0.29, 0.717) is 6.04 Å². The standard InChI is InChI=1S/C19H26N2O/c1-16-8-3-4-9-17(16)14-20-15-18(19-10-7-13-22-19)21-11-5-2-6-12-21/h3-4,7-10,13,18,20H,2,5-6,11-12,14-15H2,1H3. The van der Waals surface area contributed by atoms with Gasteiger partial charge in [-0.25, -0.2) is 0 Å². The van der Waals surface area contributed by atoms with Gasteiger partial charge in [0.25, 0.3) is 0 Å². The van der Waals surface area contributed by atoms with Crippen molar-refractivity contribution in [3.63, 3.8) is 0 Å². The second-order valence-electron chi connectivity index (χ2n) is 6.19. The lowest BCUT2D eigenvalue weighted by molar-refractivity contribution is 0.142. The number of nitrogens with one attached hydrogen (secondary N) is 1. The fourth-order valence-electron chi connectivity index (χ4n) is 3.27. The fourth-order valence-corrected chi connectivity index (χ4v) is 3.27. The van der Waals surface area contributed by atoms with E-state index in [9.17, 15) is 0 Å². The molecule has 22 heavy (non-hydrogen) atoms. The summed E-state index contributed by atoms with van der Waals surface area (Å²) in [4.78, 5) is 2.56. The molecule has 118 valence electrons. The summed E-state index contributed by atoms with van der Waals surface area (Å²) in [5.41, 5.74) is 2.72. The van der Waals surface area contributed by atoms with E-state index in [1.165, 1.54) is 43.5 Å². The Morgan fingerprint density at radius 2 is 1.91 bits per heavy atom. The SMILES string of the molecule is Cc1ccccc1CNCC(c1ccco1)N1CCCCC1. The van der Waals surface area contributed by atoms with Crippen molar-refractivity contribution in [3.05, 3.63) is 59.5 Å². The molecule has 1 aliphatic heterocycles. The van der Waals surface area contributed by atoms with Crippen LogP contribution in [0.1, 0.15) is 42.2 Å².